The van der Waals surface area contributed by atoms with Gasteiger partial charge in [0, 0.05) is 0 Å². The summed E-state index contributed by atoms with van der Waals surface area (Å²) in [5, 5.41) is 0. The van der Waals surface area contributed by atoms with Crippen molar-refractivity contribution < 1.29 is 0 Å². The van der Waals surface area contributed by atoms with Crippen molar-refractivity contribution in [2.75, 3.05) is 0 Å². The normalized spacial score (nSPS) is 59.6. The molecule has 2 fully saturated rings. The highest BCUT2D eigenvalue weighted by molar-refractivity contribution is 5.32. The highest BCUT2D eigenvalue weighted by Gasteiger charge is 2.68. The van der Waals surface area contributed by atoms with Gasteiger partial charge in [0.25, 0.3) is 0 Å². The van der Waals surface area contributed by atoms with Crippen LogP contribution in [0.15, 0.2) is 12.2 Å². The van der Waals surface area contributed by atoms with E-state index >= 15 is 0 Å². The summed E-state index contributed by atoms with van der Waals surface area (Å²) in [5.41, 5.74) is 1.61. The van der Waals surface area contributed by atoms with Crippen LogP contribution in [0, 0.1) is 10.8 Å². The van der Waals surface area contributed by atoms with Gasteiger partial charge >= 0.3 is 0 Å². The number of allylic oxidation sites excluding steroid dienone is 2. The van der Waals surface area contributed by atoms with Crippen LogP contribution in [-0.2, 0) is 0 Å². The molecule has 2 unspecified atom stereocenters. The lowest BCUT2D eigenvalue weighted by Gasteiger charge is -2.04. The summed E-state index contributed by atoms with van der Waals surface area (Å²) in [6.45, 7) is 0. The molecule has 0 saturated heterocycles. The molecule has 3 aliphatic rings. The molecule has 0 spiro atoms. The minimum atomic E-state index is 0.771. The van der Waals surface area contributed by atoms with Crippen LogP contribution >= 0.6 is 0 Å². The summed E-state index contributed by atoms with van der Waals surface area (Å²) in [7, 11) is 0. The van der Waals surface area contributed by atoms with Crippen molar-refractivity contribution in [2.45, 2.75) is 32.1 Å². The first-order valence-electron chi connectivity index (χ1n) is 4.05. The maximum Gasteiger partial charge on any atom is -0.00528 e. The van der Waals surface area contributed by atoms with Gasteiger partial charge in [-0.3, -0.25) is 0 Å². The Balaban J connectivity index is 2.13. The minimum absolute atomic E-state index is 0.771. The van der Waals surface area contributed by atoms with Crippen molar-refractivity contribution in [3.05, 3.63) is 12.2 Å². The van der Waals surface area contributed by atoms with Gasteiger partial charge < -0.3 is 0 Å². The van der Waals surface area contributed by atoms with E-state index in [1.807, 2.05) is 0 Å². The summed E-state index contributed by atoms with van der Waals surface area (Å²) < 4.78 is 0. The molecule has 48 valence electrons. The monoisotopic (exact) mass is 120 g/mol. The molecule has 0 aromatic heterocycles. The Kier molecular flexibility index (Phi) is 0.505. The molecule has 0 N–H and O–H groups in total. The van der Waals surface area contributed by atoms with Crippen LogP contribution in [0.25, 0.3) is 0 Å². The molecular formula is C9H12. The Labute approximate surface area is 56.0 Å². The van der Waals surface area contributed by atoms with Crippen molar-refractivity contribution in [1.29, 1.82) is 0 Å². The first-order valence-corrected chi connectivity index (χ1v) is 4.05. The SMILES string of the molecule is C1=CC23CCCC2(C1)C3. The zero-order valence-corrected chi connectivity index (χ0v) is 5.69. The molecule has 0 radical (unpaired) electrons. The van der Waals surface area contributed by atoms with Gasteiger partial charge in [-0.2, -0.15) is 0 Å². The van der Waals surface area contributed by atoms with Crippen LogP contribution in [-0.4, -0.2) is 0 Å². The van der Waals surface area contributed by atoms with E-state index in [4.69, 9.17) is 0 Å². The molecule has 0 aromatic carbocycles. The van der Waals surface area contributed by atoms with Crippen molar-refractivity contribution >= 4 is 0 Å². The lowest BCUT2D eigenvalue weighted by Crippen LogP contribution is -1.96. The summed E-state index contributed by atoms with van der Waals surface area (Å²) in [6, 6.07) is 0. The molecule has 3 rings (SSSR count). The molecule has 0 amide bonds. The minimum Gasteiger partial charge on any atom is -0.0874 e. The van der Waals surface area contributed by atoms with Crippen LogP contribution in [0.3, 0.4) is 0 Å². The van der Waals surface area contributed by atoms with E-state index in [-0.39, 0.29) is 0 Å². The fourth-order valence-corrected chi connectivity index (χ4v) is 3.20. The van der Waals surface area contributed by atoms with Crippen LogP contribution in [0.4, 0.5) is 0 Å². The molecule has 9 heavy (non-hydrogen) atoms. The summed E-state index contributed by atoms with van der Waals surface area (Å²) in [4.78, 5) is 0. The standard InChI is InChI=1S/C9H12/c1-3-8-5-2-6-9(8,4-1)7-8/h1,3H,2,4-7H2. The summed E-state index contributed by atoms with van der Waals surface area (Å²) in [5.74, 6) is 0. The van der Waals surface area contributed by atoms with Crippen LogP contribution < -0.4 is 0 Å². The van der Waals surface area contributed by atoms with Gasteiger partial charge in [-0.25, -0.2) is 0 Å². The van der Waals surface area contributed by atoms with Gasteiger partial charge in [0.1, 0.15) is 0 Å². The Hall–Kier alpha value is -0.260. The second kappa shape index (κ2) is 1.00. The predicted octanol–water partition coefficient (Wildman–Crippen LogP) is 2.51. The number of hydrogen-bond donors (Lipinski definition) is 0. The quantitative estimate of drug-likeness (QED) is 0.431. The van der Waals surface area contributed by atoms with Gasteiger partial charge in [-0.05, 0) is 36.5 Å². The second-order valence-corrected chi connectivity index (χ2v) is 4.07. The van der Waals surface area contributed by atoms with Crippen LogP contribution in [0.2, 0.25) is 0 Å². The molecule has 2 saturated carbocycles. The number of rotatable bonds is 0. The highest BCUT2D eigenvalue weighted by Crippen LogP contribution is 2.78. The largest absolute Gasteiger partial charge is 0.0874 e. The maximum absolute atomic E-state index is 2.50. The average Bonchev–Trinajstić information content (AvgIpc) is 2.11. The maximum atomic E-state index is 2.50. The van der Waals surface area contributed by atoms with Crippen molar-refractivity contribution in [1.82, 2.24) is 0 Å². The molecule has 0 heterocycles. The highest BCUT2D eigenvalue weighted by atomic mass is 14.7. The molecule has 0 aliphatic heterocycles. The number of hydrogen-bond acceptors (Lipinski definition) is 0. The summed E-state index contributed by atoms with van der Waals surface area (Å²) >= 11 is 0. The van der Waals surface area contributed by atoms with Gasteiger partial charge in [0.2, 0.25) is 0 Å². The summed E-state index contributed by atoms with van der Waals surface area (Å²) in [6.07, 6.45) is 12.4. The predicted molar refractivity (Wildman–Crippen MR) is 37.1 cm³/mol. The molecule has 0 nitrogen and oxygen atoms in total. The van der Waals surface area contributed by atoms with Gasteiger partial charge in [0.05, 0.1) is 0 Å². The Morgan fingerprint density at radius 3 is 3.00 bits per heavy atom. The molecule has 0 aromatic rings. The third-order valence-corrected chi connectivity index (χ3v) is 3.81. The molecule has 0 bridgehead atoms. The molecular weight excluding hydrogens is 108 g/mol. The van der Waals surface area contributed by atoms with Gasteiger partial charge in [0.15, 0.2) is 0 Å². The van der Waals surface area contributed by atoms with E-state index in [1.165, 1.54) is 32.1 Å². The fraction of sp³-hybridized carbons (Fsp3) is 0.778. The first-order chi connectivity index (χ1) is 4.37. The van der Waals surface area contributed by atoms with Crippen molar-refractivity contribution in [2.24, 2.45) is 10.8 Å². The molecule has 0 heteroatoms. The average molecular weight is 120 g/mol. The Bertz CT molecular complexity index is 188. The van der Waals surface area contributed by atoms with Crippen molar-refractivity contribution in [3.8, 4) is 0 Å². The zero-order chi connectivity index (χ0) is 5.95. The zero-order valence-electron chi connectivity index (χ0n) is 5.69. The van der Waals surface area contributed by atoms with Gasteiger partial charge in [-0.15, -0.1) is 0 Å². The third-order valence-electron chi connectivity index (χ3n) is 3.81. The second-order valence-electron chi connectivity index (χ2n) is 4.07. The van der Waals surface area contributed by atoms with E-state index in [0.717, 1.165) is 10.8 Å². The van der Waals surface area contributed by atoms with Crippen molar-refractivity contribution in [3.63, 3.8) is 0 Å². The third kappa shape index (κ3) is 0.309. The molecule has 2 atom stereocenters. The smallest absolute Gasteiger partial charge is 0.00528 e. The van der Waals surface area contributed by atoms with E-state index in [2.05, 4.69) is 12.2 Å². The van der Waals surface area contributed by atoms with E-state index in [1.54, 1.807) is 0 Å². The van der Waals surface area contributed by atoms with E-state index in [9.17, 15) is 0 Å². The van der Waals surface area contributed by atoms with Gasteiger partial charge in [-0.1, -0.05) is 18.6 Å². The fourth-order valence-electron chi connectivity index (χ4n) is 3.20. The van der Waals surface area contributed by atoms with Crippen LogP contribution in [0.5, 0.6) is 0 Å². The van der Waals surface area contributed by atoms with E-state index < -0.39 is 0 Å². The topological polar surface area (TPSA) is 0 Å². The first kappa shape index (κ1) is 4.54. The van der Waals surface area contributed by atoms with E-state index in [0.29, 0.717) is 0 Å². The Morgan fingerprint density at radius 1 is 1.22 bits per heavy atom. The Morgan fingerprint density at radius 2 is 2.22 bits per heavy atom. The lowest BCUT2D eigenvalue weighted by atomic mass is 10.0. The lowest BCUT2D eigenvalue weighted by molar-refractivity contribution is 0.481. The van der Waals surface area contributed by atoms with Crippen LogP contribution in [0.1, 0.15) is 32.1 Å². The molecule has 3 aliphatic carbocycles.